The van der Waals surface area contributed by atoms with E-state index in [9.17, 15) is 9.59 Å². The second-order valence-corrected chi connectivity index (χ2v) is 8.43. The van der Waals surface area contributed by atoms with E-state index in [1.54, 1.807) is 22.6 Å². The standard InChI is InChI=1S/C20H24N4O3S/c1-13(2)19-20(26)21-7-8-23(19)12-18(25)24-15(17-6-4-10-28-17)11-14(22-24)16-5-3-9-27-16/h3-6,9-10,13,15,19H,7-8,11-12H2,1-2H3,(H,21,26). The number of amides is 2. The van der Waals surface area contributed by atoms with Crippen LogP contribution in [0.5, 0.6) is 0 Å². The van der Waals surface area contributed by atoms with Gasteiger partial charge in [-0.25, -0.2) is 5.01 Å². The van der Waals surface area contributed by atoms with Gasteiger partial charge in [0.1, 0.15) is 11.5 Å². The van der Waals surface area contributed by atoms with Gasteiger partial charge in [-0.3, -0.25) is 14.5 Å². The summed E-state index contributed by atoms with van der Waals surface area (Å²) in [5.74, 6) is 0.710. The van der Waals surface area contributed by atoms with Crippen LogP contribution in [0, 0.1) is 5.92 Å². The maximum absolute atomic E-state index is 13.2. The van der Waals surface area contributed by atoms with Crippen LogP contribution in [0.1, 0.15) is 36.9 Å². The Morgan fingerprint density at radius 3 is 2.93 bits per heavy atom. The van der Waals surface area contributed by atoms with Crippen LogP contribution < -0.4 is 5.32 Å². The molecule has 1 saturated heterocycles. The van der Waals surface area contributed by atoms with E-state index in [1.165, 1.54) is 0 Å². The first-order chi connectivity index (χ1) is 13.5. The van der Waals surface area contributed by atoms with Crippen LogP contribution >= 0.6 is 11.3 Å². The highest BCUT2D eigenvalue weighted by atomic mass is 32.1. The lowest BCUT2D eigenvalue weighted by atomic mass is 9.99. The quantitative estimate of drug-likeness (QED) is 0.836. The average Bonchev–Trinajstić information content (AvgIpc) is 3.40. The Labute approximate surface area is 168 Å². The summed E-state index contributed by atoms with van der Waals surface area (Å²) in [6.45, 7) is 5.40. The summed E-state index contributed by atoms with van der Waals surface area (Å²) >= 11 is 1.62. The minimum atomic E-state index is -0.297. The molecular weight excluding hydrogens is 376 g/mol. The largest absolute Gasteiger partial charge is 0.463 e. The van der Waals surface area contributed by atoms with Crippen LogP contribution in [0.3, 0.4) is 0 Å². The molecule has 1 N–H and O–H groups in total. The topological polar surface area (TPSA) is 78.2 Å². The van der Waals surface area contributed by atoms with Crippen molar-refractivity contribution >= 4 is 28.9 Å². The van der Waals surface area contributed by atoms with E-state index in [0.717, 1.165) is 10.6 Å². The van der Waals surface area contributed by atoms with Crippen LogP contribution in [-0.4, -0.2) is 53.1 Å². The van der Waals surface area contributed by atoms with Crippen molar-refractivity contribution in [1.82, 2.24) is 15.2 Å². The Hall–Kier alpha value is -2.45. The third kappa shape index (κ3) is 3.62. The third-order valence-corrected chi connectivity index (χ3v) is 6.15. The molecule has 0 spiro atoms. The molecule has 2 aromatic heterocycles. The van der Waals surface area contributed by atoms with E-state index in [4.69, 9.17) is 4.42 Å². The zero-order chi connectivity index (χ0) is 19.7. The Balaban J connectivity index is 1.57. The van der Waals surface area contributed by atoms with Gasteiger partial charge < -0.3 is 9.73 Å². The van der Waals surface area contributed by atoms with Gasteiger partial charge in [0, 0.05) is 24.4 Å². The maximum Gasteiger partial charge on any atom is 0.257 e. The molecule has 8 heteroatoms. The molecule has 1 fully saturated rings. The zero-order valence-electron chi connectivity index (χ0n) is 16.0. The molecule has 4 heterocycles. The van der Waals surface area contributed by atoms with Gasteiger partial charge in [0.05, 0.1) is 24.9 Å². The first kappa shape index (κ1) is 18.9. The van der Waals surface area contributed by atoms with Gasteiger partial charge in [-0.1, -0.05) is 19.9 Å². The number of nitrogens with one attached hydrogen (secondary N) is 1. The Morgan fingerprint density at radius 2 is 2.25 bits per heavy atom. The summed E-state index contributed by atoms with van der Waals surface area (Å²) in [7, 11) is 0. The number of nitrogens with zero attached hydrogens (tertiary/aromatic N) is 3. The van der Waals surface area contributed by atoms with E-state index in [0.29, 0.717) is 25.3 Å². The van der Waals surface area contributed by atoms with Crippen LogP contribution in [0.25, 0.3) is 0 Å². The summed E-state index contributed by atoms with van der Waals surface area (Å²) in [4.78, 5) is 28.6. The van der Waals surface area contributed by atoms with Crippen molar-refractivity contribution in [1.29, 1.82) is 0 Å². The van der Waals surface area contributed by atoms with E-state index in [-0.39, 0.29) is 36.4 Å². The molecule has 2 aliphatic heterocycles. The molecule has 0 radical (unpaired) electrons. The van der Waals surface area contributed by atoms with Crippen molar-refractivity contribution in [3.8, 4) is 0 Å². The highest BCUT2D eigenvalue weighted by molar-refractivity contribution is 7.10. The number of carbonyl (C=O) groups is 2. The maximum atomic E-state index is 13.2. The van der Waals surface area contributed by atoms with Crippen molar-refractivity contribution < 1.29 is 14.0 Å². The fourth-order valence-electron chi connectivity index (χ4n) is 3.91. The molecule has 0 bridgehead atoms. The van der Waals surface area contributed by atoms with Crippen LogP contribution in [0.2, 0.25) is 0 Å². The summed E-state index contributed by atoms with van der Waals surface area (Å²) in [5.41, 5.74) is 0.772. The number of piperazine rings is 1. The van der Waals surface area contributed by atoms with Gasteiger partial charge in [0.15, 0.2) is 0 Å². The molecule has 0 aliphatic carbocycles. The number of hydrogen-bond acceptors (Lipinski definition) is 6. The molecule has 2 unspecified atom stereocenters. The molecule has 2 amide bonds. The molecule has 148 valence electrons. The first-order valence-electron chi connectivity index (χ1n) is 9.53. The number of hydrazone groups is 1. The predicted molar refractivity (Wildman–Crippen MR) is 107 cm³/mol. The summed E-state index contributed by atoms with van der Waals surface area (Å²) < 4.78 is 5.50. The SMILES string of the molecule is CC(C)C1C(=O)NCCN1CC(=O)N1N=C(c2ccco2)CC1c1cccs1. The monoisotopic (exact) mass is 400 g/mol. The minimum absolute atomic E-state index is 0.00921. The molecule has 0 aromatic carbocycles. The summed E-state index contributed by atoms with van der Waals surface area (Å²) in [6.07, 6.45) is 2.23. The fourth-order valence-corrected chi connectivity index (χ4v) is 4.73. The molecular formula is C20H24N4O3S. The minimum Gasteiger partial charge on any atom is -0.463 e. The lowest BCUT2D eigenvalue weighted by molar-refractivity contribution is -0.138. The molecule has 2 atom stereocenters. The van der Waals surface area contributed by atoms with Crippen LogP contribution in [0.15, 0.2) is 45.4 Å². The number of thiophene rings is 1. The highest BCUT2D eigenvalue weighted by Crippen LogP contribution is 2.35. The average molecular weight is 401 g/mol. The lowest BCUT2D eigenvalue weighted by Crippen LogP contribution is -2.59. The number of rotatable bonds is 5. The van der Waals surface area contributed by atoms with Crippen molar-refractivity contribution in [2.24, 2.45) is 11.0 Å². The lowest BCUT2D eigenvalue weighted by Gasteiger charge is -2.37. The normalized spacial score (nSPS) is 23.2. The Kier molecular flexibility index (Phi) is 5.32. The van der Waals surface area contributed by atoms with Gasteiger partial charge in [-0.2, -0.15) is 5.10 Å². The zero-order valence-corrected chi connectivity index (χ0v) is 16.8. The summed E-state index contributed by atoms with van der Waals surface area (Å²) in [5, 5.41) is 11.1. The number of carbonyl (C=O) groups excluding carboxylic acids is 2. The molecule has 2 aliphatic rings. The second kappa shape index (κ2) is 7.89. The third-order valence-electron chi connectivity index (χ3n) is 5.17. The van der Waals surface area contributed by atoms with E-state index in [2.05, 4.69) is 10.4 Å². The van der Waals surface area contributed by atoms with E-state index >= 15 is 0 Å². The van der Waals surface area contributed by atoms with Crippen molar-refractivity contribution in [3.05, 3.63) is 46.5 Å². The van der Waals surface area contributed by atoms with Crippen LogP contribution in [0.4, 0.5) is 0 Å². The van der Waals surface area contributed by atoms with Crippen molar-refractivity contribution in [2.45, 2.75) is 32.4 Å². The molecule has 0 saturated carbocycles. The first-order valence-corrected chi connectivity index (χ1v) is 10.4. The smallest absolute Gasteiger partial charge is 0.257 e. The van der Waals surface area contributed by atoms with Gasteiger partial charge >= 0.3 is 0 Å². The highest BCUT2D eigenvalue weighted by Gasteiger charge is 2.38. The predicted octanol–water partition coefficient (Wildman–Crippen LogP) is 2.48. The van der Waals surface area contributed by atoms with Crippen LogP contribution in [-0.2, 0) is 9.59 Å². The van der Waals surface area contributed by atoms with E-state index < -0.39 is 0 Å². The number of furan rings is 1. The Bertz CT molecular complexity index is 860. The second-order valence-electron chi connectivity index (χ2n) is 7.45. The summed E-state index contributed by atoms with van der Waals surface area (Å²) in [6, 6.07) is 7.26. The van der Waals surface area contributed by atoms with Gasteiger partial charge in [0.25, 0.3) is 5.91 Å². The van der Waals surface area contributed by atoms with Gasteiger partial charge in [0.2, 0.25) is 5.91 Å². The fraction of sp³-hybridized carbons (Fsp3) is 0.450. The van der Waals surface area contributed by atoms with E-state index in [1.807, 2.05) is 48.4 Å². The molecule has 2 aromatic rings. The molecule has 7 nitrogen and oxygen atoms in total. The van der Waals surface area contributed by atoms with Crippen molar-refractivity contribution in [3.63, 3.8) is 0 Å². The van der Waals surface area contributed by atoms with Gasteiger partial charge in [-0.15, -0.1) is 11.3 Å². The Morgan fingerprint density at radius 1 is 1.39 bits per heavy atom. The molecule has 4 rings (SSSR count). The number of hydrogen-bond donors (Lipinski definition) is 1. The molecule has 28 heavy (non-hydrogen) atoms. The van der Waals surface area contributed by atoms with Gasteiger partial charge in [-0.05, 0) is 29.5 Å². The van der Waals surface area contributed by atoms with Crippen molar-refractivity contribution in [2.75, 3.05) is 19.6 Å².